The summed E-state index contributed by atoms with van der Waals surface area (Å²) in [5.41, 5.74) is 1.06. The van der Waals surface area contributed by atoms with Crippen molar-refractivity contribution in [3.63, 3.8) is 0 Å². The van der Waals surface area contributed by atoms with Crippen LogP contribution in [-0.2, 0) is 6.42 Å². The van der Waals surface area contributed by atoms with Gasteiger partial charge in [-0.3, -0.25) is 0 Å². The topological polar surface area (TPSA) is 20.2 Å². The van der Waals surface area contributed by atoms with E-state index in [2.05, 4.69) is 22.9 Å². The van der Waals surface area contributed by atoms with Gasteiger partial charge in [0.15, 0.2) is 0 Å². The quantitative estimate of drug-likeness (QED) is 0.871. The molecule has 1 unspecified atom stereocenters. The fourth-order valence-electron chi connectivity index (χ4n) is 1.66. The van der Waals surface area contributed by atoms with Crippen LogP contribution < -0.4 is 0 Å². The summed E-state index contributed by atoms with van der Waals surface area (Å²) in [6.07, 6.45) is 2.86. The number of aliphatic hydroxyl groups is 1. The molecule has 0 spiro atoms. The second-order valence-corrected chi connectivity index (χ2v) is 4.63. The number of rotatable bonds is 5. The van der Waals surface area contributed by atoms with Gasteiger partial charge in [0, 0.05) is 11.1 Å². The fraction of sp³-hybridized carbons (Fsp3) is 0.500. The fourth-order valence-corrected chi connectivity index (χ4v) is 2.18. The first-order chi connectivity index (χ1) is 7.17. The Morgan fingerprint density at radius 3 is 2.73 bits per heavy atom. The molecule has 1 aromatic carbocycles. The van der Waals surface area contributed by atoms with Gasteiger partial charge in [0.25, 0.3) is 0 Å². The molecule has 0 radical (unpaired) electrons. The molecule has 0 aliphatic carbocycles. The van der Waals surface area contributed by atoms with Crippen molar-refractivity contribution in [2.75, 3.05) is 6.61 Å². The maximum atomic E-state index is 12.8. The van der Waals surface area contributed by atoms with Gasteiger partial charge >= 0.3 is 0 Å². The average Bonchev–Trinajstić information content (AvgIpc) is 2.21. The minimum atomic E-state index is -0.235. The zero-order valence-corrected chi connectivity index (χ0v) is 10.4. The van der Waals surface area contributed by atoms with Gasteiger partial charge in [-0.1, -0.05) is 35.3 Å². The van der Waals surface area contributed by atoms with Crippen molar-refractivity contribution in [2.24, 2.45) is 5.92 Å². The molecule has 3 heteroatoms. The Morgan fingerprint density at radius 2 is 2.20 bits per heavy atom. The van der Waals surface area contributed by atoms with Crippen molar-refractivity contribution >= 4 is 15.9 Å². The van der Waals surface area contributed by atoms with E-state index >= 15 is 0 Å². The second kappa shape index (κ2) is 6.23. The zero-order valence-electron chi connectivity index (χ0n) is 8.84. The Bertz CT molecular complexity index is 314. The molecule has 0 amide bonds. The van der Waals surface area contributed by atoms with Crippen LogP contribution in [0, 0.1) is 11.7 Å². The summed E-state index contributed by atoms with van der Waals surface area (Å²) in [6, 6.07) is 4.70. The second-order valence-electron chi connectivity index (χ2n) is 3.78. The van der Waals surface area contributed by atoms with Crippen molar-refractivity contribution in [1.29, 1.82) is 0 Å². The molecule has 1 nitrogen and oxygen atoms in total. The lowest BCUT2D eigenvalue weighted by Crippen LogP contribution is -2.09. The van der Waals surface area contributed by atoms with Gasteiger partial charge in [0.2, 0.25) is 0 Å². The molecule has 0 fully saturated rings. The van der Waals surface area contributed by atoms with Crippen LogP contribution in [-0.4, -0.2) is 11.7 Å². The van der Waals surface area contributed by atoms with Crippen LogP contribution in [0.1, 0.15) is 25.3 Å². The first kappa shape index (κ1) is 12.7. The van der Waals surface area contributed by atoms with Gasteiger partial charge < -0.3 is 5.11 Å². The van der Waals surface area contributed by atoms with Crippen molar-refractivity contribution in [3.05, 3.63) is 34.1 Å². The van der Waals surface area contributed by atoms with Gasteiger partial charge in [-0.15, -0.1) is 0 Å². The van der Waals surface area contributed by atoms with Gasteiger partial charge in [-0.25, -0.2) is 4.39 Å². The first-order valence-corrected chi connectivity index (χ1v) is 6.01. The van der Waals surface area contributed by atoms with E-state index in [1.54, 1.807) is 6.07 Å². The van der Waals surface area contributed by atoms with Crippen molar-refractivity contribution < 1.29 is 9.50 Å². The van der Waals surface area contributed by atoms with Crippen LogP contribution in [0.3, 0.4) is 0 Å². The van der Waals surface area contributed by atoms with Gasteiger partial charge in [-0.05, 0) is 36.5 Å². The summed E-state index contributed by atoms with van der Waals surface area (Å²) >= 11 is 3.33. The van der Waals surface area contributed by atoms with E-state index in [4.69, 9.17) is 0 Å². The van der Waals surface area contributed by atoms with Crippen LogP contribution in [0.5, 0.6) is 0 Å². The number of hydrogen-bond acceptors (Lipinski definition) is 1. The molecular formula is C12H16BrFO. The van der Waals surface area contributed by atoms with Crippen LogP contribution in [0.25, 0.3) is 0 Å². The highest BCUT2D eigenvalue weighted by Gasteiger charge is 2.10. The molecule has 0 aliphatic rings. The standard InChI is InChI=1S/C12H16BrFO/c1-2-3-9(8-15)6-10-4-5-11(14)7-12(10)13/h4-5,7,9,15H,2-3,6,8H2,1H3. The monoisotopic (exact) mass is 274 g/mol. The predicted octanol–water partition coefficient (Wildman–Crippen LogP) is 3.54. The van der Waals surface area contributed by atoms with Crippen LogP contribution in [0.2, 0.25) is 0 Å². The Hall–Kier alpha value is -0.410. The van der Waals surface area contributed by atoms with Crippen LogP contribution in [0.4, 0.5) is 4.39 Å². The van der Waals surface area contributed by atoms with Crippen molar-refractivity contribution in [2.45, 2.75) is 26.2 Å². The smallest absolute Gasteiger partial charge is 0.124 e. The Kier molecular flexibility index (Phi) is 5.26. The highest BCUT2D eigenvalue weighted by atomic mass is 79.9. The maximum absolute atomic E-state index is 12.8. The third kappa shape index (κ3) is 3.92. The van der Waals surface area contributed by atoms with Crippen LogP contribution >= 0.6 is 15.9 Å². The number of benzene rings is 1. The van der Waals surface area contributed by atoms with E-state index in [0.717, 1.165) is 29.3 Å². The number of aliphatic hydroxyl groups excluding tert-OH is 1. The van der Waals surface area contributed by atoms with E-state index in [1.807, 2.05) is 0 Å². The lowest BCUT2D eigenvalue weighted by atomic mass is 9.96. The van der Waals surface area contributed by atoms with Gasteiger partial charge in [0.05, 0.1) is 0 Å². The number of halogens is 2. The number of hydrogen-bond donors (Lipinski definition) is 1. The Morgan fingerprint density at radius 1 is 1.47 bits per heavy atom. The van der Waals surface area contributed by atoms with E-state index < -0.39 is 0 Å². The summed E-state index contributed by atoms with van der Waals surface area (Å²) in [6.45, 7) is 2.29. The summed E-state index contributed by atoms with van der Waals surface area (Å²) in [4.78, 5) is 0. The van der Waals surface area contributed by atoms with Crippen molar-refractivity contribution in [3.8, 4) is 0 Å². The lowest BCUT2D eigenvalue weighted by Gasteiger charge is -2.14. The zero-order chi connectivity index (χ0) is 11.3. The summed E-state index contributed by atoms with van der Waals surface area (Å²) in [5, 5.41) is 9.17. The minimum absolute atomic E-state index is 0.192. The molecule has 1 rings (SSSR count). The molecule has 0 saturated carbocycles. The van der Waals surface area contributed by atoms with Gasteiger partial charge in [0.1, 0.15) is 5.82 Å². The largest absolute Gasteiger partial charge is 0.396 e. The average molecular weight is 275 g/mol. The molecule has 1 aromatic rings. The third-order valence-corrected chi connectivity index (χ3v) is 3.22. The van der Waals surface area contributed by atoms with E-state index in [9.17, 15) is 9.50 Å². The normalized spacial score (nSPS) is 12.8. The van der Waals surface area contributed by atoms with E-state index in [0.29, 0.717) is 0 Å². The van der Waals surface area contributed by atoms with Crippen LogP contribution in [0.15, 0.2) is 22.7 Å². The minimum Gasteiger partial charge on any atom is -0.396 e. The van der Waals surface area contributed by atoms with Gasteiger partial charge in [-0.2, -0.15) is 0 Å². The summed E-state index contributed by atoms with van der Waals surface area (Å²) in [5.74, 6) is 0.0402. The lowest BCUT2D eigenvalue weighted by molar-refractivity contribution is 0.217. The predicted molar refractivity (Wildman–Crippen MR) is 63.3 cm³/mol. The highest BCUT2D eigenvalue weighted by molar-refractivity contribution is 9.10. The van der Waals surface area contributed by atoms with Crippen molar-refractivity contribution in [1.82, 2.24) is 0 Å². The molecule has 0 heterocycles. The first-order valence-electron chi connectivity index (χ1n) is 5.22. The Balaban J connectivity index is 2.70. The third-order valence-electron chi connectivity index (χ3n) is 2.48. The SMILES string of the molecule is CCCC(CO)Cc1ccc(F)cc1Br. The molecule has 0 bridgehead atoms. The molecule has 0 aliphatic heterocycles. The molecule has 0 saturated heterocycles. The molecule has 1 atom stereocenters. The molecule has 84 valence electrons. The van der Waals surface area contributed by atoms with E-state index in [-0.39, 0.29) is 18.3 Å². The molecular weight excluding hydrogens is 259 g/mol. The Labute approximate surface area is 98.4 Å². The maximum Gasteiger partial charge on any atom is 0.124 e. The highest BCUT2D eigenvalue weighted by Crippen LogP contribution is 2.22. The molecule has 0 aromatic heterocycles. The molecule has 1 N–H and O–H groups in total. The summed E-state index contributed by atoms with van der Waals surface area (Å²) < 4.78 is 13.6. The van der Waals surface area contributed by atoms with E-state index in [1.165, 1.54) is 12.1 Å². The molecule has 15 heavy (non-hydrogen) atoms. The summed E-state index contributed by atoms with van der Waals surface area (Å²) in [7, 11) is 0.